The average Bonchev–Trinajstić information content (AvgIpc) is 2.44. The topological polar surface area (TPSA) is 66.4 Å². The minimum Gasteiger partial charge on any atom is -0.480 e. The van der Waals surface area contributed by atoms with E-state index in [1.54, 1.807) is 0 Å². The molecule has 114 valence electrons. The molecule has 1 aliphatic carbocycles. The number of carbonyl (C=O) groups excluding carboxylic acids is 1. The lowest BCUT2D eigenvalue weighted by atomic mass is 9.77. The molecule has 1 aliphatic rings. The molecule has 1 amide bonds. The van der Waals surface area contributed by atoms with Gasteiger partial charge in [0.2, 0.25) is 5.91 Å². The van der Waals surface area contributed by atoms with Gasteiger partial charge in [-0.2, -0.15) is 0 Å². The Morgan fingerprint density at radius 3 is 2.38 bits per heavy atom. The van der Waals surface area contributed by atoms with E-state index >= 15 is 0 Å². The predicted molar refractivity (Wildman–Crippen MR) is 76.2 cm³/mol. The Morgan fingerprint density at radius 2 is 1.86 bits per heavy atom. The zero-order chi connectivity index (χ0) is 15.5. The van der Waals surface area contributed by atoms with E-state index in [1.807, 2.05) is 0 Å². The summed E-state index contributed by atoms with van der Waals surface area (Å²) in [5, 5.41) is 12.1. The van der Waals surface area contributed by atoms with Gasteiger partial charge in [0.25, 0.3) is 0 Å². The number of carboxylic acid groups (broad SMARTS) is 1. The van der Waals surface area contributed by atoms with Crippen molar-refractivity contribution >= 4 is 11.9 Å². The van der Waals surface area contributed by atoms with Crippen molar-refractivity contribution in [2.45, 2.75) is 44.6 Å². The van der Waals surface area contributed by atoms with Crippen molar-refractivity contribution in [3.63, 3.8) is 0 Å². The molecular formula is C16H20FNO3. The Kier molecular flexibility index (Phi) is 4.60. The molecule has 1 aromatic carbocycles. The van der Waals surface area contributed by atoms with E-state index in [-0.39, 0.29) is 18.1 Å². The van der Waals surface area contributed by atoms with Crippen molar-refractivity contribution in [3.05, 3.63) is 35.6 Å². The molecule has 2 rings (SSSR count). The first-order chi connectivity index (χ1) is 9.91. The highest BCUT2D eigenvalue weighted by molar-refractivity contribution is 5.88. The number of halogens is 1. The fraction of sp³-hybridized carbons (Fsp3) is 0.500. The molecule has 1 aromatic rings. The van der Waals surface area contributed by atoms with Crippen LogP contribution in [0, 0.1) is 11.7 Å². The standard InChI is InChI=1S/C16H20FNO3/c1-11-6-8-16(9-7-11,15(20)21)18-14(19)10-12-2-4-13(17)5-3-12/h2-5,11H,6-10H2,1H3,(H,18,19)(H,20,21). The Bertz CT molecular complexity index is 519. The van der Waals surface area contributed by atoms with Crippen LogP contribution in [0.1, 0.15) is 38.2 Å². The molecule has 5 heteroatoms. The number of rotatable bonds is 4. The maximum atomic E-state index is 12.8. The third kappa shape index (κ3) is 3.80. The largest absolute Gasteiger partial charge is 0.480 e. The van der Waals surface area contributed by atoms with Crippen LogP contribution in [0.15, 0.2) is 24.3 Å². The molecule has 0 spiro atoms. The van der Waals surface area contributed by atoms with E-state index in [9.17, 15) is 19.1 Å². The molecule has 21 heavy (non-hydrogen) atoms. The number of nitrogens with one attached hydrogen (secondary N) is 1. The molecule has 1 fully saturated rings. The van der Waals surface area contributed by atoms with E-state index in [2.05, 4.69) is 12.2 Å². The summed E-state index contributed by atoms with van der Waals surface area (Å²) >= 11 is 0. The molecule has 4 nitrogen and oxygen atoms in total. The lowest BCUT2D eigenvalue weighted by molar-refractivity contribution is -0.149. The number of carbonyl (C=O) groups is 2. The summed E-state index contributed by atoms with van der Waals surface area (Å²) in [5.74, 6) is -1.17. The van der Waals surface area contributed by atoms with E-state index in [0.717, 1.165) is 12.8 Å². The fourth-order valence-electron chi connectivity index (χ4n) is 2.75. The number of aliphatic carboxylic acids is 1. The van der Waals surface area contributed by atoms with Crippen molar-refractivity contribution < 1.29 is 19.1 Å². The number of benzene rings is 1. The lowest BCUT2D eigenvalue weighted by Gasteiger charge is -2.36. The molecule has 0 radical (unpaired) electrons. The zero-order valence-corrected chi connectivity index (χ0v) is 12.1. The molecule has 0 bridgehead atoms. The van der Waals surface area contributed by atoms with Gasteiger partial charge in [-0.25, -0.2) is 9.18 Å². The van der Waals surface area contributed by atoms with Gasteiger partial charge in [0.15, 0.2) is 0 Å². The molecule has 0 unspecified atom stereocenters. The van der Waals surface area contributed by atoms with E-state index in [4.69, 9.17) is 0 Å². The monoisotopic (exact) mass is 293 g/mol. The van der Waals surface area contributed by atoms with Crippen LogP contribution < -0.4 is 5.32 Å². The number of amides is 1. The first kappa shape index (κ1) is 15.5. The highest BCUT2D eigenvalue weighted by Gasteiger charge is 2.42. The maximum absolute atomic E-state index is 12.8. The Morgan fingerprint density at radius 1 is 1.29 bits per heavy atom. The Hall–Kier alpha value is -1.91. The summed E-state index contributed by atoms with van der Waals surface area (Å²) < 4.78 is 12.8. The molecule has 0 heterocycles. The smallest absolute Gasteiger partial charge is 0.329 e. The molecule has 0 aliphatic heterocycles. The molecule has 0 atom stereocenters. The normalized spacial score (nSPS) is 25.3. The summed E-state index contributed by atoms with van der Waals surface area (Å²) in [6, 6.07) is 5.65. The summed E-state index contributed by atoms with van der Waals surface area (Å²) in [5.41, 5.74) is -0.484. The van der Waals surface area contributed by atoms with Crippen molar-refractivity contribution in [2.75, 3.05) is 0 Å². The van der Waals surface area contributed by atoms with Gasteiger partial charge >= 0.3 is 5.97 Å². The van der Waals surface area contributed by atoms with Crippen LogP contribution in [0.2, 0.25) is 0 Å². The van der Waals surface area contributed by atoms with Crippen molar-refractivity contribution in [3.8, 4) is 0 Å². The first-order valence-electron chi connectivity index (χ1n) is 7.20. The highest BCUT2D eigenvalue weighted by atomic mass is 19.1. The second-order valence-corrected chi connectivity index (χ2v) is 5.92. The van der Waals surface area contributed by atoms with Gasteiger partial charge in [-0.3, -0.25) is 4.79 Å². The second-order valence-electron chi connectivity index (χ2n) is 5.92. The minimum atomic E-state index is -1.15. The summed E-state index contributed by atoms with van der Waals surface area (Å²) in [6.07, 6.45) is 2.56. The molecule has 2 N–H and O–H groups in total. The van der Waals surface area contributed by atoms with Gasteiger partial charge in [0.05, 0.1) is 6.42 Å². The van der Waals surface area contributed by atoms with Crippen LogP contribution in [-0.2, 0) is 16.0 Å². The van der Waals surface area contributed by atoms with Gasteiger partial charge in [0, 0.05) is 0 Å². The van der Waals surface area contributed by atoms with Crippen molar-refractivity contribution in [2.24, 2.45) is 5.92 Å². The highest BCUT2D eigenvalue weighted by Crippen LogP contribution is 2.32. The molecule has 1 saturated carbocycles. The van der Waals surface area contributed by atoms with Crippen LogP contribution in [0.4, 0.5) is 4.39 Å². The predicted octanol–water partition coefficient (Wildman–Crippen LogP) is 2.52. The van der Waals surface area contributed by atoms with Gasteiger partial charge < -0.3 is 10.4 Å². The maximum Gasteiger partial charge on any atom is 0.329 e. The lowest BCUT2D eigenvalue weighted by Crippen LogP contribution is -2.56. The zero-order valence-electron chi connectivity index (χ0n) is 12.1. The molecular weight excluding hydrogens is 273 g/mol. The van der Waals surface area contributed by atoms with Crippen molar-refractivity contribution in [1.82, 2.24) is 5.32 Å². The third-order valence-electron chi connectivity index (χ3n) is 4.19. The SMILES string of the molecule is CC1CCC(NC(=O)Cc2ccc(F)cc2)(C(=O)O)CC1. The number of hydrogen-bond acceptors (Lipinski definition) is 2. The van der Waals surface area contributed by atoms with Gasteiger partial charge in [-0.05, 0) is 49.3 Å². The van der Waals surface area contributed by atoms with E-state index in [1.165, 1.54) is 24.3 Å². The minimum absolute atomic E-state index is 0.0604. The first-order valence-corrected chi connectivity index (χ1v) is 7.20. The summed E-state index contributed by atoms with van der Waals surface area (Å²) in [6.45, 7) is 2.09. The van der Waals surface area contributed by atoms with E-state index in [0.29, 0.717) is 24.3 Å². The Balaban J connectivity index is 2.02. The van der Waals surface area contributed by atoms with Crippen LogP contribution in [0.3, 0.4) is 0 Å². The average molecular weight is 293 g/mol. The van der Waals surface area contributed by atoms with Gasteiger partial charge in [0.1, 0.15) is 11.4 Å². The number of hydrogen-bond donors (Lipinski definition) is 2. The van der Waals surface area contributed by atoms with Crippen molar-refractivity contribution in [1.29, 1.82) is 0 Å². The number of carboxylic acids is 1. The molecule has 0 saturated heterocycles. The fourth-order valence-corrected chi connectivity index (χ4v) is 2.75. The van der Waals surface area contributed by atoms with Gasteiger partial charge in [-0.15, -0.1) is 0 Å². The van der Waals surface area contributed by atoms with Gasteiger partial charge in [-0.1, -0.05) is 19.1 Å². The third-order valence-corrected chi connectivity index (χ3v) is 4.19. The Labute approximate surface area is 123 Å². The quantitative estimate of drug-likeness (QED) is 0.896. The van der Waals surface area contributed by atoms with E-state index < -0.39 is 11.5 Å². The summed E-state index contributed by atoms with van der Waals surface area (Å²) in [7, 11) is 0. The van der Waals surface area contributed by atoms with Crippen LogP contribution in [0.5, 0.6) is 0 Å². The van der Waals surface area contributed by atoms with Crippen LogP contribution >= 0.6 is 0 Å². The van der Waals surface area contributed by atoms with Crippen LogP contribution in [-0.4, -0.2) is 22.5 Å². The summed E-state index contributed by atoms with van der Waals surface area (Å²) in [4.78, 5) is 23.6. The van der Waals surface area contributed by atoms with Crippen LogP contribution in [0.25, 0.3) is 0 Å². The second kappa shape index (κ2) is 6.24. The molecule has 0 aromatic heterocycles.